The van der Waals surface area contributed by atoms with Crippen LogP contribution < -0.4 is 0 Å². The van der Waals surface area contributed by atoms with Crippen molar-refractivity contribution in [2.45, 2.75) is 19.3 Å². The van der Waals surface area contributed by atoms with Gasteiger partial charge in [-0.25, -0.2) is 0 Å². The smallest absolute Gasteiger partial charge is 0.0723 e. The Balaban J connectivity index is 1.06. The van der Waals surface area contributed by atoms with E-state index < -0.39 is 0 Å². The third-order valence-corrected chi connectivity index (χ3v) is 11.8. The molecule has 1 aliphatic rings. The topological polar surface area (TPSA) is 36.2 Å². The van der Waals surface area contributed by atoms with E-state index in [9.17, 15) is 0 Å². The van der Waals surface area contributed by atoms with Gasteiger partial charge in [0.15, 0.2) is 0 Å². The largest absolute Gasteiger partial charge is 0.300 e. The van der Waals surface area contributed by atoms with Crippen LogP contribution in [0.15, 0.2) is 199 Å². The Bertz CT molecular complexity index is 3090. The van der Waals surface area contributed by atoms with Crippen LogP contribution in [0.2, 0.25) is 0 Å². The molecular formula is C55H40N2. The van der Waals surface area contributed by atoms with Gasteiger partial charge in [0.2, 0.25) is 0 Å². The molecule has 0 radical (unpaired) electrons. The molecular weight excluding hydrogens is 689 g/mol. The number of rotatable bonds is 7. The maximum absolute atomic E-state index is 9.05. The molecule has 0 saturated heterocycles. The number of benzene rings is 9. The van der Waals surface area contributed by atoms with Crippen LogP contribution in [0.1, 0.15) is 41.7 Å². The standard InChI is InChI=1S/C55H40N2/c1-55(2)53-45-21-9-7-15-37(45)30-33-50(53)49-25-13-24-48(54(49)55)47-32-31-41(44-20-10-11-22-46(44)47)35-57-52(34-51(56)39-16-4-3-5-17-39)40-28-26-38(27-29-40)43-23-12-18-36-14-6-8-19-42(36)43/h3-35,56H,1-2H3/b52-34-,56-51?,57-35?. The molecule has 0 heterocycles. The number of aliphatic imine (C=N–C) groups is 1. The molecule has 10 rings (SSSR count). The summed E-state index contributed by atoms with van der Waals surface area (Å²) in [5.41, 5.74) is 14.0. The van der Waals surface area contributed by atoms with Crippen molar-refractivity contribution in [1.29, 1.82) is 5.41 Å². The molecule has 9 aromatic rings. The number of fused-ring (bicyclic) bond motifs is 7. The van der Waals surface area contributed by atoms with Gasteiger partial charge in [-0.2, -0.15) is 0 Å². The first-order valence-electron chi connectivity index (χ1n) is 19.6. The molecule has 57 heavy (non-hydrogen) atoms. The molecule has 0 amide bonds. The summed E-state index contributed by atoms with van der Waals surface area (Å²) < 4.78 is 0. The van der Waals surface area contributed by atoms with Gasteiger partial charge in [-0.1, -0.05) is 202 Å². The molecule has 0 aromatic heterocycles. The summed E-state index contributed by atoms with van der Waals surface area (Å²) in [6.45, 7) is 4.76. The fourth-order valence-electron chi connectivity index (χ4n) is 9.11. The zero-order valence-electron chi connectivity index (χ0n) is 32.0. The van der Waals surface area contributed by atoms with Gasteiger partial charge in [-0.3, -0.25) is 4.99 Å². The second-order valence-corrected chi connectivity index (χ2v) is 15.5. The number of nitrogens with zero attached hydrogens (tertiary/aromatic N) is 1. The highest BCUT2D eigenvalue weighted by molar-refractivity contribution is 6.12. The second kappa shape index (κ2) is 13.8. The van der Waals surface area contributed by atoms with Crippen molar-refractivity contribution in [3.8, 4) is 33.4 Å². The first-order valence-corrected chi connectivity index (χ1v) is 19.6. The first kappa shape index (κ1) is 34.3. The zero-order valence-corrected chi connectivity index (χ0v) is 32.0. The maximum atomic E-state index is 9.05. The molecule has 0 unspecified atom stereocenters. The summed E-state index contributed by atoms with van der Waals surface area (Å²) in [7, 11) is 0. The maximum Gasteiger partial charge on any atom is 0.0723 e. The SMILES string of the molecule is CC1(C)c2c(cccc2-c2ccc(C=N/C(=C\C(=N)c3ccccc3)c3ccc(-c4cccc5ccccc45)cc3)c3ccccc23)-c2ccc3ccccc3c21. The lowest BCUT2D eigenvalue weighted by Crippen LogP contribution is -2.17. The molecule has 1 aliphatic carbocycles. The lowest BCUT2D eigenvalue weighted by Gasteiger charge is -2.26. The summed E-state index contributed by atoms with van der Waals surface area (Å²) in [5.74, 6) is 0. The first-order chi connectivity index (χ1) is 28.0. The highest BCUT2D eigenvalue weighted by atomic mass is 14.7. The minimum absolute atomic E-state index is 0.185. The second-order valence-electron chi connectivity index (χ2n) is 15.5. The van der Waals surface area contributed by atoms with Crippen molar-refractivity contribution in [2.75, 3.05) is 0 Å². The van der Waals surface area contributed by atoms with Crippen LogP contribution in [0.25, 0.3) is 71.4 Å². The fraction of sp³-hybridized carbons (Fsp3) is 0.0545. The number of nitrogens with one attached hydrogen (secondary N) is 1. The zero-order chi connectivity index (χ0) is 38.5. The van der Waals surface area contributed by atoms with Crippen molar-refractivity contribution in [1.82, 2.24) is 0 Å². The molecule has 270 valence electrons. The lowest BCUT2D eigenvalue weighted by atomic mass is 9.77. The molecule has 2 heteroatoms. The van der Waals surface area contributed by atoms with E-state index in [1.807, 2.05) is 42.6 Å². The average molecular weight is 729 g/mol. The molecule has 0 aliphatic heterocycles. The van der Waals surface area contributed by atoms with E-state index in [2.05, 4.69) is 172 Å². The summed E-state index contributed by atoms with van der Waals surface area (Å²) in [4.78, 5) is 5.17. The fourth-order valence-corrected chi connectivity index (χ4v) is 9.11. The van der Waals surface area contributed by atoms with Gasteiger partial charge in [0, 0.05) is 22.8 Å². The van der Waals surface area contributed by atoms with Crippen molar-refractivity contribution in [3.05, 3.63) is 222 Å². The van der Waals surface area contributed by atoms with E-state index in [-0.39, 0.29) is 5.41 Å². The van der Waals surface area contributed by atoms with Crippen molar-refractivity contribution in [3.63, 3.8) is 0 Å². The minimum Gasteiger partial charge on any atom is -0.300 e. The van der Waals surface area contributed by atoms with Crippen LogP contribution in [0.3, 0.4) is 0 Å². The Morgan fingerprint density at radius 3 is 1.77 bits per heavy atom. The van der Waals surface area contributed by atoms with Crippen LogP contribution in [-0.4, -0.2) is 11.9 Å². The monoisotopic (exact) mass is 728 g/mol. The number of allylic oxidation sites excluding steroid dienone is 1. The van der Waals surface area contributed by atoms with E-state index >= 15 is 0 Å². The van der Waals surface area contributed by atoms with E-state index in [1.165, 1.54) is 65.9 Å². The van der Waals surface area contributed by atoms with Crippen LogP contribution in [0.5, 0.6) is 0 Å². The summed E-state index contributed by atoms with van der Waals surface area (Å²) in [5, 5.41) is 16.4. The highest BCUT2D eigenvalue weighted by Crippen LogP contribution is 2.54. The van der Waals surface area contributed by atoms with Gasteiger partial charge in [0.1, 0.15) is 0 Å². The van der Waals surface area contributed by atoms with Crippen LogP contribution in [-0.2, 0) is 5.41 Å². The van der Waals surface area contributed by atoms with Crippen molar-refractivity contribution < 1.29 is 0 Å². The normalized spacial score (nSPS) is 13.3. The average Bonchev–Trinajstić information content (AvgIpc) is 3.51. The third kappa shape index (κ3) is 5.89. The molecule has 0 atom stereocenters. The van der Waals surface area contributed by atoms with Crippen molar-refractivity contribution >= 4 is 49.9 Å². The Morgan fingerprint density at radius 1 is 0.439 bits per heavy atom. The Labute approximate surface area is 333 Å². The van der Waals surface area contributed by atoms with Gasteiger partial charge in [-0.15, -0.1) is 0 Å². The lowest BCUT2D eigenvalue weighted by molar-refractivity contribution is 0.668. The van der Waals surface area contributed by atoms with Gasteiger partial charge in [-0.05, 0) is 88.5 Å². The number of hydrogen-bond acceptors (Lipinski definition) is 2. The van der Waals surface area contributed by atoms with Crippen LogP contribution in [0.4, 0.5) is 0 Å². The molecule has 9 aromatic carbocycles. The summed E-state index contributed by atoms with van der Waals surface area (Å²) >= 11 is 0. The van der Waals surface area contributed by atoms with Crippen molar-refractivity contribution in [2.24, 2.45) is 4.99 Å². The number of hydrogen-bond donors (Lipinski definition) is 1. The highest BCUT2D eigenvalue weighted by Gasteiger charge is 2.39. The van der Waals surface area contributed by atoms with E-state index in [4.69, 9.17) is 10.4 Å². The predicted molar refractivity (Wildman–Crippen MR) is 243 cm³/mol. The quantitative estimate of drug-likeness (QED) is 0.159. The molecule has 0 fully saturated rings. The molecule has 2 nitrogen and oxygen atoms in total. The Kier molecular flexibility index (Phi) is 8.34. The molecule has 1 N–H and O–H groups in total. The van der Waals surface area contributed by atoms with E-state index in [0.29, 0.717) is 5.71 Å². The van der Waals surface area contributed by atoms with E-state index in [0.717, 1.165) is 33.3 Å². The van der Waals surface area contributed by atoms with E-state index in [1.54, 1.807) is 0 Å². The summed E-state index contributed by atoms with van der Waals surface area (Å²) in [6.07, 6.45) is 3.85. The minimum atomic E-state index is -0.185. The van der Waals surface area contributed by atoms with Gasteiger partial charge in [0.05, 0.1) is 11.4 Å². The van der Waals surface area contributed by atoms with Gasteiger partial charge < -0.3 is 5.41 Å². The Morgan fingerprint density at radius 2 is 1.00 bits per heavy atom. The molecule has 0 saturated carbocycles. The van der Waals surface area contributed by atoms with Gasteiger partial charge in [0.25, 0.3) is 0 Å². The van der Waals surface area contributed by atoms with Crippen LogP contribution >= 0.6 is 0 Å². The molecule has 0 spiro atoms. The molecule has 0 bridgehead atoms. The Hall–Kier alpha value is -7.16. The summed E-state index contributed by atoms with van der Waals surface area (Å²) in [6, 6.07) is 66.7. The van der Waals surface area contributed by atoms with Gasteiger partial charge >= 0.3 is 0 Å². The predicted octanol–water partition coefficient (Wildman–Crippen LogP) is 14.3. The van der Waals surface area contributed by atoms with Crippen LogP contribution in [0, 0.1) is 5.41 Å². The third-order valence-electron chi connectivity index (χ3n) is 11.8.